The zero-order valence-electron chi connectivity index (χ0n) is 16.7. The molecule has 2 aromatic carbocycles. The molecule has 1 amide bonds. The van der Waals surface area contributed by atoms with Gasteiger partial charge in [0, 0.05) is 23.9 Å². The smallest absolute Gasteiger partial charge is 0.343 e. The molecular formula is C22H16N2O6S2. The first-order valence-corrected chi connectivity index (χ1v) is 10.5. The Morgan fingerprint density at radius 3 is 2.56 bits per heavy atom. The van der Waals surface area contributed by atoms with Crippen molar-refractivity contribution < 1.29 is 24.0 Å². The summed E-state index contributed by atoms with van der Waals surface area (Å²) in [6.45, 7) is 1.65. The first-order chi connectivity index (χ1) is 15.3. The molecule has 1 aliphatic heterocycles. The van der Waals surface area contributed by atoms with E-state index in [9.17, 15) is 24.5 Å². The Morgan fingerprint density at radius 1 is 1.19 bits per heavy atom. The lowest BCUT2D eigenvalue weighted by molar-refractivity contribution is -0.384. The van der Waals surface area contributed by atoms with E-state index >= 15 is 0 Å². The van der Waals surface area contributed by atoms with Crippen LogP contribution in [0.25, 0.3) is 6.08 Å². The van der Waals surface area contributed by atoms with Crippen molar-refractivity contribution in [2.24, 2.45) is 0 Å². The van der Waals surface area contributed by atoms with Gasteiger partial charge in [0.15, 0.2) is 4.32 Å². The molecule has 0 spiro atoms. The first kappa shape index (κ1) is 23.0. The van der Waals surface area contributed by atoms with Gasteiger partial charge in [-0.2, -0.15) is 0 Å². The maximum atomic E-state index is 12.9. The van der Waals surface area contributed by atoms with Crippen LogP contribution in [0.5, 0.6) is 0 Å². The van der Waals surface area contributed by atoms with Crippen molar-refractivity contribution in [2.45, 2.75) is 6.92 Å². The molecule has 0 radical (unpaired) electrons. The number of hydrogen-bond acceptors (Lipinski definition) is 8. The zero-order valence-corrected chi connectivity index (χ0v) is 18.4. The highest BCUT2D eigenvalue weighted by Crippen LogP contribution is 2.34. The highest BCUT2D eigenvalue weighted by Gasteiger charge is 2.33. The summed E-state index contributed by atoms with van der Waals surface area (Å²) in [5.74, 6) is -2.05. The third kappa shape index (κ3) is 5.16. The van der Waals surface area contributed by atoms with E-state index in [0.717, 1.165) is 22.9 Å². The Kier molecular flexibility index (Phi) is 7.29. The SMILES string of the molecule is CCOC(=O)/C(=C\N1C(=O)/C(=C\c2cccc([N+](=O)[O-])c2)SC1=S)C(=O)c1ccccc1. The lowest BCUT2D eigenvalue weighted by atomic mass is 10.0. The molecule has 1 heterocycles. The second-order valence-corrected chi connectivity index (χ2v) is 8.04. The molecular weight excluding hydrogens is 452 g/mol. The molecule has 1 fully saturated rings. The third-order valence-corrected chi connectivity index (χ3v) is 5.57. The van der Waals surface area contributed by atoms with Crippen molar-refractivity contribution in [1.29, 1.82) is 0 Å². The van der Waals surface area contributed by atoms with Crippen molar-refractivity contribution in [1.82, 2.24) is 4.90 Å². The van der Waals surface area contributed by atoms with E-state index < -0.39 is 22.6 Å². The van der Waals surface area contributed by atoms with Gasteiger partial charge in [0.05, 0.1) is 16.4 Å². The number of esters is 1. The maximum absolute atomic E-state index is 12.9. The van der Waals surface area contributed by atoms with Gasteiger partial charge in [-0.25, -0.2) is 4.79 Å². The van der Waals surface area contributed by atoms with Crippen LogP contribution in [-0.4, -0.2) is 38.4 Å². The molecule has 162 valence electrons. The van der Waals surface area contributed by atoms with E-state index in [-0.39, 0.29) is 32.7 Å². The second kappa shape index (κ2) is 10.1. The molecule has 0 saturated carbocycles. The average Bonchev–Trinajstić information content (AvgIpc) is 3.04. The molecule has 1 saturated heterocycles. The predicted octanol–water partition coefficient (Wildman–Crippen LogP) is 4.13. The van der Waals surface area contributed by atoms with Crippen molar-refractivity contribution in [3.8, 4) is 0 Å². The van der Waals surface area contributed by atoms with Crippen molar-refractivity contribution in [2.75, 3.05) is 6.61 Å². The standard InChI is InChI=1S/C22H16N2O6S2/c1-2-30-21(27)17(19(25)15-8-4-3-5-9-15)13-23-20(26)18(32-22(23)31)12-14-7-6-10-16(11-14)24(28)29/h3-13H,2H2,1H3/b17-13-,18-12+. The van der Waals surface area contributed by atoms with Crippen molar-refractivity contribution >= 4 is 57.7 Å². The largest absolute Gasteiger partial charge is 0.462 e. The first-order valence-electron chi connectivity index (χ1n) is 9.32. The van der Waals surface area contributed by atoms with Crippen LogP contribution in [0, 0.1) is 10.1 Å². The van der Waals surface area contributed by atoms with E-state index in [1.807, 2.05) is 0 Å². The Labute approximate surface area is 192 Å². The van der Waals surface area contributed by atoms with Crippen LogP contribution >= 0.6 is 24.0 Å². The maximum Gasteiger partial charge on any atom is 0.343 e. The van der Waals surface area contributed by atoms with Crippen LogP contribution in [0.3, 0.4) is 0 Å². The van der Waals surface area contributed by atoms with Gasteiger partial charge < -0.3 is 4.74 Å². The fourth-order valence-electron chi connectivity index (χ4n) is 2.76. The Morgan fingerprint density at radius 2 is 1.91 bits per heavy atom. The highest BCUT2D eigenvalue weighted by atomic mass is 32.2. The van der Waals surface area contributed by atoms with Crippen molar-refractivity contribution in [3.63, 3.8) is 0 Å². The molecule has 1 aliphatic rings. The van der Waals surface area contributed by atoms with Crippen LogP contribution in [0.2, 0.25) is 0 Å². The number of carbonyl (C=O) groups excluding carboxylic acids is 3. The minimum atomic E-state index is -0.877. The number of amides is 1. The van der Waals surface area contributed by atoms with E-state index in [2.05, 4.69) is 0 Å². The summed E-state index contributed by atoms with van der Waals surface area (Å²) < 4.78 is 5.10. The molecule has 0 atom stereocenters. The molecule has 0 unspecified atom stereocenters. The normalized spacial score (nSPS) is 15.2. The average molecular weight is 469 g/mol. The molecule has 0 aromatic heterocycles. The number of non-ortho nitro benzene ring substituents is 1. The predicted molar refractivity (Wildman–Crippen MR) is 124 cm³/mol. The number of hydrogen-bond donors (Lipinski definition) is 0. The van der Waals surface area contributed by atoms with Crippen molar-refractivity contribution in [3.05, 3.63) is 92.5 Å². The zero-order chi connectivity index (χ0) is 23.3. The summed E-state index contributed by atoms with van der Waals surface area (Å²) in [4.78, 5) is 49.9. The summed E-state index contributed by atoms with van der Waals surface area (Å²) in [7, 11) is 0. The lowest BCUT2D eigenvalue weighted by Crippen LogP contribution is -2.26. The monoisotopic (exact) mass is 468 g/mol. The van der Waals surface area contributed by atoms with Crippen LogP contribution in [-0.2, 0) is 14.3 Å². The van der Waals surface area contributed by atoms with Gasteiger partial charge in [-0.15, -0.1) is 0 Å². The molecule has 32 heavy (non-hydrogen) atoms. The number of nitrogens with zero attached hydrogens (tertiary/aromatic N) is 2. The highest BCUT2D eigenvalue weighted by molar-refractivity contribution is 8.26. The molecule has 8 nitrogen and oxygen atoms in total. The van der Waals surface area contributed by atoms with Crippen LogP contribution in [0.15, 0.2) is 71.3 Å². The van der Waals surface area contributed by atoms with Crippen LogP contribution < -0.4 is 0 Å². The molecule has 0 aliphatic carbocycles. The van der Waals surface area contributed by atoms with Gasteiger partial charge in [-0.1, -0.05) is 66.4 Å². The molecule has 2 aromatic rings. The Hall–Kier alpha value is -3.63. The van der Waals surface area contributed by atoms with Gasteiger partial charge >= 0.3 is 5.97 Å². The molecule has 0 N–H and O–H groups in total. The summed E-state index contributed by atoms with van der Waals surface area (Å²) in [5, 5.41) is 11.0. The topological polar surface area (TPSA) is 107 Å². The minimum absolute atomic E-state index is 0.0450. The second-order valence-electron chi connectivity index (χ2n) is 6.36. The summed E-state index contributed by atoms with van der Waals surface area (Å²) >= 11 is 6.22. The third-order valence-electron chi connectivity index (χ3n) is 4.24. The summed E-state index contributed by atoms with van der Waals surface area (Å²) in [5.41, 5.74) is 0.233. The lowest BCUT2D eigenvalue weighted by Gasteiger charge is -2.12. The number of rotatable bonds is 7. The summed E-state index contributed by atoms with van der Waals surface area (Å²) in [6.07, 6.45) is 2.54. The Balaban J connectivity index is 1.96. The van der Waals surface area contributed by atoms with Gasteiger partial charge in [0.25, 0.3) is 11.6 Å². The van der Waals surface area contributed by atoms with E-state index in [4.69, 9.17) is 17.0 Å². The van der Waals surface area contributed by atoms with Gasteiger partial charge in [-0.05, 0) is 18.6 Å². The number of nitro benzene ring substituents is 1. The number of nitro groups is 1. The number of thiocarbonyl (C=S) groups is 1. The van der Waals surface area contributed by atoms with E-state index in [0.29, 0.717) is 5.56 Å². The number of ketones is 1. The molecule has 0 bridgehead atoms. The number of ether oxygens (including phenoxy) is 1. The van der Waals surface area contributed by atoms with Gasteiger partial charge in [-0.3, -0.25) is 24.6 Å². The summed E-state index contributed by atoms with van der Waals surface area (Å²) in [6, 6.07) is 13.9. The quantitative estimate of drug-likeness (QED) is 0.0873. The molecule has 3 rings (SSSR count). The minimum Gasteiger partial charge on any atom is -0.462 e. The fraction of sp³-hybridized carbons (Fsp3) is 0.0909. The molecule has 10 heteroatoms. The van der Waals surface area contributed by atoms with E-state index in [1.54, 1.807) is 43.3 Å². The number of carbonyl (C=O) groups is 3. The fourth-order valence-corrected chi connectivity index (χ4v) is 3.97. The number of benzene rings is 2. The van der Waals surface area contributed by atoms with Crippen LogP contribution in [0.1, 0.15) is 22.8 Å². The Bertz CT molecular complexity index is 1170. The van der Waals surface area contributed by atoms with Gasteiger partial charge in [0.2, 0.25) is 5.78 Å². The number of Topliss-reactive ketones (excluding diaryl/α,β-unsaturated/α-hetero) is 1. The van der Waals surface area contributed by atoms with Gasteiger partial charge in [0.1, 0.15) is 5.57 Å². The van der Waals surface area contributed by atoms with E-state index in [1.165, 1.54) is 24.3 Å². The van der Waals surface area contributed by atoms with Crippen LogP contribution in [0.4, 0.5) is 5.69 Å². The number of thioether (sulfide) groups is 1.